The van der Waals surface area contributed by atoms with E-state index in [4.69, 9.17) is 9.72 Å². The molecule has 3 saturated heterocycles. The van der Waals surface area contributed by atoms with Gasteiger partial charge in [-0.25, -0.2) is 18.2 Å². The largest absolute Gasteiger partial charge is 0.461 e. The number of halogens is 3. The van der Waals surface area contributed by atoms with Crippen molar-refractivity contribution in [3.05, 3.63) is 35.5 Å². The smallest absolute Gasteiger partial charge is 0.319 e. The number of aliphatic hydroxyl groups is 1. The van der Waals surface area contributed by atoms with E-state index < -0.39 is 28.9 Å². The van der Waals surface area contributed by atoms with E-state index in [0.717, 1.165) is 30.7 Å². The first-order valence-electron chi connectivity index (χ1n) is 15.7. The highest BCUT2D eigenvalue weighted by atomic mass is 32.1. The van der Waals surface area contributed by atoms with E-state index in [1.807, 2.05) is 4.90 Å². The number of piperidine rings is 1. The van der Waals surface area contributed by atoms with Crippen LogP contribution in [0.5, 0.6) is 6.01 Å². The number of ether oxygens (including phenoxy) is 1. The van der Waals surface area contributed by atoms with E-state index in [9.17, 15) is 14.8 Å². The third kappa shape index (κ3) is 5.64. The lowest BCUT2D eigenvalue weighted by Gasteiger charge is -2.38. The quantitative estimate of drug-likeness (QED) is 0.200. The van der Waals surface area contributed by atoms with Gasteiger partial charge < -0.3 is 19.6 Å². The highest BCUT2D eigenvalue weighted by Gasteiger charge is 2.49. The zero-order chi connectivity index (χ0) is 33.1. The average Bonchev–Trinajstić information content (AvgIpc) is 3.69. The summed E-state index contributed by atoms with van der Waals surface area (Å²) in [5.74, 6) is -0.972. The summed E-state index contributed by atoms with van der Waals surface area (Å²) < 4.78 is 52.7. The summed E-state index contributed by atoms with van der Waals surface area (Å²) in [6.45, 7) is 3.90. The van der Waals surface area contributed by atoms with Crippen LogP contribution in [0.15, 0.2) is 23.3 Å². The second kappa shape index (κ2) is 11.9. The number of pyridine rings is 1. The predicted molar refractivity (Wildman–Crippen MR) is 175 cm³/mol. The van der Waals surface area contributed by atoms with E-state index in [1.54, 1.807) is 25.9 Å². The van der Waals surface area contributed by atoms with Crippen molar-refractivity contribution in [3.63, 3.8) is 0 Å². The molecule has 0 aliphatic carbocycles. The van der Waals surface area contributed by atoms with Gasteiger partial charge in [0, 0.05) is 57.3 Å². The fourth-order valence-electron chi connectivity index (χ4n) is 7.28. The summed E-state index contributed by atoms with van der Waals surface area (Å²) in [5, 5.41) is 21.8. The Morgan fingerprint density at radius 3 is 2.81 bits per heavy atom. The number of rotatable bonds is 7. The molecule has 1 aromatic carbocycles. The number of β-amino-alcohol motifs (C(OH)–C–C–N with tert-alkyl or cyclic N) is 1. The number of alkyl halides is 1. The van der Waals surface area contributed by atoms with Gasteiger partial charge in [0.15, 0.2) is 5.82 Å². The van der Waals surface area contributed by atoms with Gasteiger partial charge in [0.1, 0.15) is 46.7 Å². The molecule has 0 amide bonds. The van der Waals surface area contributed by atoms with Crippen LogP contribution < -0.4 is 9.64 Å². The molecular formula is C33H35F3N8O2S. The van der Waals surface area contributed by atoms with E-state index in [2.05, 4.69) is 25.9 Å². The number of hydrogen-bond donors (Lipinski definition) is 1. The number of fused-ring (bicyclic) bond motifs is 3. The summed E-state index contributed by atoms with van der Waals surface area (Å²) in [4.78, 5) is 23.8. The van der Waals surface area contributed by atoms with Gasteiger partial charge in [-0.1, -0.05) is 0 Å². The maximum Gasteiger partial charge on any atom is 0.319 e. The Morgan fingerprint density at radius 2 is 2.04 bits per heavy atom. The van der Waals surface area contributed by atoms with Crippen molar-refractivity contribution < 1.29 is 23.0 Å². The Balaban J connectivity index is 1.37. The number of anilines is 1. The Hall–Kier alpha value is -4.06. The Bertz CT molecular complexity index is 1940. The molecule has 10 nitrogen and oxygen atoms in total. The zero-order valence-electron chi connectivity index (χ0n) is 26.4. The molecule has 3 aliphatic heterocycles. The van der Waals surface area contributed by atoms with Gasteiger partial charge in [-0.15, -0.1) is 11.3 Å². The normalized spacial score (nSPS) is 24.8. The number of aliphatic imine (C=N–C) groups is 1. The summed E-state index contributed by atoms with van der Waals surface area (Å²) in [6, 6.07) is 4.70. The average molecular weight is 665 g/mol. The molecule has 6 heterocycles. The lowest BCUT2D eigenvalue weighted by atomic mass is 9.95. The zero-order valence-corrected chi connectivity index (χ0v) is 27.2. The number of benzene rings is 1. The molecular weight excluding hydrogens is 629 g/mol. The van der Waals surface area contributed by atoms with Crippen molar-refractivity contribution in [1.82, 2.24) is 24.8 Å². The highest BCUT2D eigenvalue weighted by Crippen LogP contribution is 2.45. The van der Waals surface area contributed by atoms with Crippen molar-refractivity contribution in [1.29, 1.82) is 5.26 Å². The van der Waals surface area contributed by atoms with E-state index >= 15 is 8.78 Å². The van der Waals surface area contributed by atoms with Gasteiger partial charge in [-0.2, -0.15) is 15.2 Å². The molecule has 3 atom stereocenters. The monoisotopic (exact) mass is 664 g/mol. The molecule has 246 valence electrons. The van der Waals surface area contributed by atoms with Crippen LogP contribution in [-0.4, -0.2) is 100 Å². The molecule has 7 rings (SSSR count). The molecule has 3 fully saturated rings. The first-order chi connectivity index (χ1) is 22.5. The minimum absolute atomic E-state index is 0.0601. The summed E-state index contributed by atoms with van der Waals surface area (Å²) in [5.41, 5.74) is -1.28. The summed E-state index contributed by atoms with van der Waals surface area (Å²) >= 11 is 1.01. The fraction of sp³-hybridized carbons (Fsp3) is 0.485. The number of nitrogens with zero attached hydrogens (tertiary/aromatic N) is 8. The molecule has 0 bridgehead atoms. The first-order valence-corrected chi connectivity index (χ1v) is 16.5. The molecule has 14 heteroatoms. The molecule has 3 aliphatic rings. The van der Waals surface area contributed by atoms with E-state index in [1.165, 1.54) is 24.7 Å². The van der Waals surface area contributed by atoms with Gasteiger partial charge in [-0.05, 0) is 51.3 Å². The van der Waals surface area contributed by atoms with Gasteiger partial charge in [0.25, 0.3) is 0 Å². The van der Waals surface area contributed by atoms with Crippen molar-refractivity contribution >= 4 is 49.5 Å². The number of hydrogen-bond acceptors (Lipinski definition) is 10. The molecule has 4 aromatic rings. The van der Waals surface area contributed by atoms with E-state index in [0.29, 0.717) is 48.6 Å². The maximum atomic E-state index is 16.8. The van der Waals surface area contributed by atoms with Crippen LogP contribution in [0.3, 0.4) is 0 Å². The summed E-state index contributed by atoms with van der Waals surface area (Å²) in [6.07, 6.45) is 5.43. The van der Waals surface area contributed by atoms with Crippen LogP contribution in [-0.2, 0) is 0 Å². The highest BCUT2D eigenvalue weighted by molar-refractivity contribution is 7.23. The van der Waals surface area contributed by atoms with Crippen molar-refractivity contribution in [3.8, 4) is 23.3 Å². The molecule has 3 aromatic heterocycles. The van der Waals surface area contributed by atoms with Gasteiger partial charge >= 0.3 is 6.01 Å². The van der Waals surface area contributed by atoms with Crippen LogP contribution >= 0.6 is 11.3 Å². The molecule has 1 N–H and O–H groups in total. The van der Waals surface area contributed by atoms with Crippen LogP contribution in [0.2, 0.25) is 0 Å². The van der Waals surface area contributed by atoms with Crippen LogP contribution in [0.1, 0.15) is 44.6 Å². The Morgan fingerprint density at radius 1 is 1.23 bits per heavy atom. The Kier molecular flexibility index (Phi) is 7.97. The number of thiophene rings is 1. The minimum Gasteiger partial charge on any atom is -0.461 e. The standard InChI is InChI=1S/C33H35F3N8O2S/c1-32(45)8-4-10-43(16-32)29-22-14-38-26(20-6-7-23(35)28-24(20)21(13-37)30(47-28)39-18-42(2)3)25(36)27(22)40-31(41-29)46-17-33-9-5-11-44(33)15-19(34)12-33/h6-7,14,18-19,45H,4-5,8-12,15-17H2,1-3H3/t19-,32-,33+/m1/s1. The van der Waals surface area contributed by atoms with Gasteiger partial charge in [-0.3, -0.25) is 9.88 Å². The lowest BCUT2D eigenvalue weighted by molar-refractivity contribution is 0.0447. The maximum absolute atomic E-state index is 16.8. The van der Waals surface area contributed by atoms with Gasteiger partial charge in [0.05, 0.1) is 33.1 Å². The fourth-order valence-corrected chi connectivity index (χ4v) is 8.31. The number of aromatic nitrogens is 3. The van der Waals surface area contributed by atoms with Crippen molar-refractivity contribution in [2.24, 2.45) is 4.99 Å². The van der Waals surface area contributed by atoms with Gasteiger partial charge in [0.2, 0.25) is 0 Å². The third-order valence-corrected chi connectivity index (χ3v) is 10.5. The molecule has 47 heavy (non-hydrogen) atoms. The topological polar surface area (TPSA) is 114 Å². The lowest BCUT2D eigenvalue weighted by Crippen LogP contribution is -2.46. The second-order valence-electron chi connectivity index (χ2n) is 13.3. The van der Waals surface area contributed by atoms with Crippen molar-refractivity contribution in [2.75, 3.05) is 51.8 Å². The molecule has 0 radical (unpaired) electrons. The van der Waals surface area contributed by atoms with E-state index in [-0.39, 0.29) is 51.6 Å². The Labute approximate surface area is 274 Å². The van der Waals surface area contributed by atoms with Crippen LogP contribution in [0.25, 0.3) is 32.2 Å². The molecule has 0 spiro atoms. The minimum atomic E-state index is -0.981. The summed E-state index contributed by atoms with van der Waals surface area (Å²) in [7, 11) is 3.55. The van der Waals surface area contributed by atoms with Crippen LogP contribution in [0.4, 0.5) is 24.0 Å². The first kappa shape index (κ1) is 31.5. The molecule has 0 unspecified atom stereocenters. The molecule has 0 saturated carbocycles. The number of nitriles is 1. The predicted octanol–water partition coefficient (Wildman–Crippen LogP) is 5.58. The van der Waals surface area contributed by atoms with Crippen molar-refractivity contribution in [2.45, 2.75) is 56.3 Å². The second-order valence-corrected chi connectivity index (χ2v) is 14.3. The third-order valence-electron chi connectivity index (χ3n) is 9.39. The SMILES string of the molecule is CN(C)C=Nc1sc2c(F)ccc(-c3ncc4c(N5CCC[C@@](C)(O)C5)nc(OC[C@@]56CCCN5C[C@H](F)C6)nc4c3F)c2c1C#N. The van der Waals surface area contributed by atoms with Crippen LogP contribution in [0, 0.1) is 23.0 Å².